The highest BCUT2D eigenvalue weighted by Gasteiger charge is 2.27. The number of esters is 2. The van der Waals surface area contributed by atoms with E-state index in [0.717, 1.165) is 5.56 Å². The fourth-order valence-electron chi connectivity index (χ4n) is 4.59. The molecule has 0 unspecified atom stereocenters. The van der Waals surface area contributed by atoms with Crippen LogP contribution in [-0.2, 0) is 20.9 Å². The van der Waals surface area contributed by atoms with Crippen molar-refractivity contribution in [3.63, 3.8) is 0 Å². The molecule has 4 rings (SSSR count). The number of carbonyl (C=O) groups excluding carboxylic acids is 4. The molecule has 0 radical (unpaired) electrons. The lowest BCUT2D eigenvalue weighted by molar-refractivity contribution is -0.144. The van der Waals surface area contributed by atoms with Gasteiger partial charge in [-0.05, 0) is 65.1 Å². The Labute approximate surface area is 261 Å². The molecule has 4 aromatic rings. The van der Waals surface area contributed by atoms with Gasteiger partial charge >= 0.3 is 11.9 Å². The summed E-state index contributed by atoms with van der Waals surface area (Å²) >= 11 is 0. The Morgan fingerprint density at radius 3 is 2.04 bits per heavy atom. The van der Waals surface area contributed by atoms with E-state index < -0.39 is 29.8 Å². The van der Waals surface area contributed by atoms with Crippen LogP contribution in [0, 0.1) is 11.3 Å². The second kappa shape index (κ2) is 14.6. The minimum absolute atomic E-state index is 0.00824. The predicted octanol–water partition coefficient (Wildman–Crippen LogP) is 5.17. The number of nitrogens with two attached hydrogens (primary N) is 1. The van der Waals surface area contributed by atoms with Crippen LogP contribution in [0.15, 0.2) is 97.1 Å². The summed E-state index contributed by atoms with van der Waals surface area (Å²) in [4.78, 5) is 52.6. The number of ether oxygens (including phenoxy) is 2. The maximum absolute atomic E-state index is 13.6. The Balaban J connectivity index is 1.71. The number of benzene rings is 4. The SMILES string of the molecule is COC(=O)[C@@H](NC(=O)c1ccc(-c2ccccc2C(=O)Nc2ccc(C(=N)N)cc2)c(C(=O)OCc2ccccc2)c1)C(C)C. The molecule has 2 amide bonds. The first kappa shape index (κ1) is 32.2. The Bertz CT molecular complexity index is 1720. The van der Waals surface area contributed by atoms with Crippen LogP contribution in [0.1, 0.15) is 56.0 Å². The van der Waals surface area contributed by atoms with Gasteiger partial charge in [0.2, 0.25) is 0 Å². The summed E-state index contributed by atoms with van der Waals surface area (Å²) in [5.74, 6) is -2.65. The number of hydrogen-bond donors (Lipinski definition) is 4. The third-order valence-electron chi connectivity index (χ3n) is 7.04. The average molecular weight is 607 g/mol. The minimum atomic E-state index is -0.899. The van der Waals surface area contributed by atoms with Gasteiger partial charge in [-0.2, -0.15) is 0 Å². The normalized spacial score (nSPS) is 11.3. The van der Waals surface area contributed by atoms with E-state index in [1.165, 1.54) is 19.2 Å². The molecule has 0 spiro atoms. The number of carbonyl (C=O) groups is 4. The molecule has 0 aliphatic rings. The lowest BCUT2D eigenvalue weighted by Gasteiger charge is -2.20. The predicted molar refractivity (Wildman–Crippen MR) is 171 cm³/mol. The lowest BCUT2D eigenvalue weighted by Crippen LogP contribution is -2.45. The number of rotatable bonds is 11. The Hall–Kier alpha value is -5.77. The molecule has 5 N–H and O–H groups in total. The highest BCUT2D eigenvalue weighted by molar-refractivity contribution is 6.11. The number of nitrogens with one attached hydrogen (secondary N) is 3. The highest BCUT2D eigenvalue weighted by Crippen LogP contribution is 2.30. The molecule has 0 aliphatic heterocycles. The third kappa shape index (κ3) is 7.99. The molecule has 10 nitrogen and oxygen atoms in total. The summed E-state index contributed by atoms with van der Waals surface area (Å²) in [5, 5.41) is 13.1. The molecule has 230 valence electrons. The monoisotopic (exact) mass is 606 g/mol. The Morgan fingerprint density at radius 2 is 1.40 bits per heavy atom. The first-order valence-electron chi connectivity index (χ1n) is 14.2. The van der Waals surface area contributed by atoms with Crippen LogP contribution in [-0.4, -0.2) is 42.7 Å². The number of hydrogen-bond acceptors (Lipinski definition) is 7. The number of amidine groups is 1. The van der Waals surface area contributed by atoms with E-state index in [9.17, 15) is 19.2 Å². The van der Waals surface area contributed by atoms with Crippen molar-refractivity contribution in [1.82, 2.24) is 5.32 Å². The van der Waals surface area contributed by atoms with Crippen LogP contribution in [0.4, 0.5) is 5.69 Å². The van der Waals surface area contributed by atoms with E-state index in [2.05, 4.69) is 10.6 Å². The van der Waals surface area contributed by atoms with Crippen molar-refractivity contribution in [2.75, 3.05) is 12.4 Å². The maximum atomic E-state index is 13.6. The topological polar surface area (TPSA) is 161 Å². The Morgan fingerprint density at radius 1 is 0.778 bits per heavy atom. The third-order valence-corrected chi connectivity index (χ3v) is 7.04. The van der Waals surface area contributed by atoms with E-state index in [0.29, 0.717) is 22.4 Å². The molecule has 45 heavy (non-hydrogen) atoms. The van der Waals surface area contributed by atoms with Crippen molar-refractivity contribution in [2.24, 2.45) is 11.7 Å². The standard InChI is InChI=1S/C35H34N4O6/c1-21(2)30(35(43)44-3)39-32(40)24-15-18-27(29(19-24)34(42)45-20-22-9-5-4-6-10-22)26-11-7-8-12-28(26)33(41)38-25-16-13-23(14-17-25)31(36)37/h4-19,21,30H,20H2,1-3H3,(H3,36,37)(H,38,41)(H,39,40)/t30-/m0/s1. The molecular weight excluding hydrogens is 572 g/mol. The number of nitrogen functional groups attached to an aromatic ring is 1. The first-order valence-corrected chi connectivity index (χ1v) is 14.2. The zero-order valence-corrected chi connectivity index (χ0v) is 25.1. The summed E-state index contributed by atoms with van der Waals surface area (Å²) in [5.41, 5.74) is 8.56. The second-order valence-corrected chi connectivity index (χ2v) is 10.5. The van der Waals surface area contributed by atoms with Crippen molar-refractivity contribution in [3.05, 3.63) is 125 Å². The molecule has 0 aliphatic carbocycles. The highest BCUT2D eigenvalue weighted by atomic mass is 16.5. The van der Waals surface area contributed by atoms with Gasteiger partial charge < -0.3 is 25.8 Å². The number of amides is 2. The van der Waals surface area contributed by atoms with Crippen LogP contribution >= 0.6 is 0 Å². The van der Waals surface area contributed by atoms with Gasteiger partial charge in [0.05, 0.1) is 12.7 Å². The summed E-state index contributed by atoms with van der Waals surface area (Å²) in [6, 6.07) is 26.0. The first-order chi connectivity index (χ1) is 21.6. The summed E-state index contributed by atoms with van der Waals surface area (Å²) in [6.07, 6.45) is 0. The maximum Gasteiger partial charge on any atom is 0.339 e. The molecule has 0 saturated heterocycles. The fourth-order valence-corrected chi connectivity index (χ4v) is 4.59. The van der Waals surface area contributed by atoms with E-state index >= 15 is 0 Å². The van der Waals surface area contributed by atoms with Gasteiger partial charge in [0.15, 0.2) is 0 Å². The fraction of sp³-hybridized carbons (Fsp3) is 0.171. The van der Waals surface area contributed by atoms with Gasteiger partial charge in [-0.3, -0.25) is 15.0 Å². The largest absolute Gasteiger partial charge is 0.467 e. The molecule has 4 aromatic carbocycles. The van der Waals surface area contributed by atoms with E-state index in [4.69, 9.17) is 20.6 Å². The van der Waals surface area contributed by atoms with Crippen LogP contribution in [0.2, 0.25) is 0 Å². The summed E-state index contributed by atoms with van der Waals surface area (Å²) < 4.78 is 10.5. The molecule has 0 heterocycles. The van der Waals surface area contributed by atoms with Gasteiger partial charge in [0, 0.05) is 22.4 Å². The zero-order valence-electron chi connectivity index (χ0n) is 25.1. The van der Waals surface area contributed by atoms with E-state index in [1.807, 2.05) is 30.3 Å². The van der Waals surface area contributed by atoms with Crippen LogP contribution < -0.4 is 16.4 Å². The summed E-state index contributed by atoms with van der Waals surface area (Å²) in [6.45, 7) is 3.54. The zero-order chi connectivity index (χ0) is 32.5. The quantitative estimate of drug-likeness (QED) is 0.104. The van der Waals surface area contributed by atoms with Gasteiger partial charge in [-0.1, -0.05) is 68.4 Å². The lowest BCUT2D eigenvalue weighted by atomic mass is 9.93. The molecule has 0 fully saturated rings. The van der Waals surface area contributed by atoms with Gasteiger partial charge in [-0.15, -0.1) is 0 Å². The van der Waals surface area contributed by atoms with Crippen molar-refractivity contribution in [2.45, 2.75) is 26.5 Å². The molecule has 0 aromatic heterocycles. The van der Waals surface area contributed by atoms with Crippen LogP contribution in [0.5, 0.6) is 0 Å². The number of anilines is 1. The minimum Gasteiger partial charge on any atom is -0.467 e. The number of methoxy groups -OCH3 is 1. The van der Waals surface area contributed by atoms with Crippen molar-refractivity contribution < 1.29 is 28.7 Å². The Kier molecular flexibility index (Phi) is 10.4. The van der Waals surface area contributed by atoms with Crippen molar-refractivity contribution >= 4 is 35.3 Å². The van der Waals surface area contributed by atoms with Crippen LogP contribution in [0.25, 0.3) is 11.1 Å². The van der Waals surface area contributed by atoms with Gasteiger partial charge in [0.25, 0.3) is 11.8 Å². The van der Waals surface area contributed by atoms with Crippen LogP contribution in [0.3, 0.4) is 0 Å². The van der Waals surface area contributed by atoms with Crippen molar-refractivity contribution in [1.29, 1.82) is 5.41 Å². The van der Waals surface area contributed by atoms with Gasteiger partial charge in [-0.25, -0.2) is 9.59 Å². The van der Waals surface area contributed by atoms with E-state index in [1.54, 1.807) is 68.4 Å². The molecular formula is C35H34N4O6. The average Bonchev–Trinajstić information content (AvgIpc) is 3.05. The smallest absolute Gasteiger partial charge is 0.339 e. The van der Waals surface area contributed by atoms with E-state index in [-0.39, 0.29) is 35.1 Å². The van der Waals surface area contributed by atoms with Gasteiger partial charge in [0.1, 0.15) is 18.5 Å². The molecule has 0 bridgehead atoms. The molecule has 0 saturated carbocycles. The molecule has 1 atom stereocenters. The molecule has 10 heteroatoms. The second-order valence-electron chi connectivity index (χ2n) is 10.5. The summed E-state index contributed by atoms with van der Waals surface area (Å²) in [7, 11) is 1.24. The van der Waals surface area contributed by atoms with Crippen molar-refractivity contribution in [3.8, 4) is 11.1 Å².